The third-order valence-electron chi connectivity index (χ3n) is 4.56. The number of aromatic nitrogens is 2. The van der Waals surface area contributed by atoms with Crippen molar-refractivity contribution in [1.29, 1.82) is 0 Å². The molecule has 3 rings (SSSR count). The Morgan fingerprint density at radius 1 is 1.30 bits per heavy atom. The van der Waals surface area contributed by atoms with E-state index in [1.54, 1.807) is 18.2 Å². The molecule has 9 nitrogen and oxygen atoms in total. The Balaban J connectivity index is 1.52. The lowest BCUT2D eigenvalue weighted by Gasteiger charge is -2.29. The zero-order chi connectivity index (χ0) is 19.4. The molecule has 0 atom stereocenters. The molecule has 0 saturated carbocycles. The molecular weight excluding hydrogens is 372 g/mol. The summed E-state index contributed by atoms with van der Waals surface area (Å²) in [7, 11) is -3.21. The second kappa shape index (κ2) is 8.05. The Hall–Kier alpha value is -2.46. The predicted molar refractivity (Wildman–Crippen MR) is 98.3 cm³/mol. The number of nitrogens with one attached hydrogen (secondary N) is 1. The third kappa shape index (κ3) is 4.83. The summed E-state index contributed by atoms with van der Waals surface area (Å²) >= 11 is 0. The Bertz CT molecular complexity index is 944. The fourth-order valence-corrected chi connectivity index (χ4v) is 3.92. The van der Waals surface area contributed by atoms with Crippen molar-refractivity contribution in [1.82, 2.24) is 19.4 Å². The minimum Gasteiger partial charge on any atom is -0.463 e. The van der Waals surface area contributed by atoms with Gasteiger partial charge in [-0.05, 0) is 31.0 Å². The molecule has 0 spiro atoms. The van der Waals surface area contributed by atoms with Gasteiger partial charge in [-0.25, -0.2) is 17.4 Å². The van der Waals surface area contributed by atoms with Gasteiger partial charge in [-0.2, -0.15) is 5.10 Å². The van der Waals surface area contributed by atoms with Crippen molar-refractivity contribution in [3.8, 4) is 11.5 Å². The maximum atomic E-state index is 12.3. The van der Waals surface area contributed by atoms with Gasteiger partial charge in [-0.1, -0.05) is 0 Å². The quantitative estimate of drug-likeness (QED) is 0.753. The molecule has 1 amide bonds. The van der Waals surface area contributed by atoms with Crippen LogP contribution in [0.1, 0.15) is 12.8 Å². The Kier molecular flexibility index (Phi) is 5.76. The largest absolute Gasteiger partial charge is 0.463 e. The molecule has 1 aliphatic rings. The number of amides is 1. The summed E-state index contributed by atoms with van der Waals surface area (Å²) in [6, 6.07) is 6.49. The lowest BCUT2D eigenvalue weighted by Crippen LogP contribution is -2.43. The maximum Gasteiger partial charge on any atom is 0.266 e. The lowest BCUT2D eigenvalue weighted by atomic mass is 9.97. The van der Waals surface area contributed by atoms with E-state index in [1.165, 1.54) is 27.6 Å². The number of sulfonamides is 1. The van der Waals surface area contributed by atoms with E-state index >= 15 is 0 Å². The van der Waals surface area contributed by atoms with Crippen molar-refractivity contribution in [3.63, 3.8) is 0 Å². The molecule has 10 heteroatoms. The molecule has 3 heterocycles. The first-order valence-electron chi connectivity index (χ1n) is 8.69. The van der Waals surface area contributed by atoms with Crippen molar-refractivity contribution in [2.24, 2.45) is 5.92 Å². The predicted octanol–water partition coefficient (Wildman–Crippen LogP) is 0.291. The van der Waals surface area contributed by atoms with Crippen molar-refractivity contribution in [2.45, 2.75) is 19.4 Å². The topological polar surface area (TPSA) is 115 Å². The van der Waals surface area contributed by atoms with Crippen molar-refractivity contribution < 1.29 is 17.6 Å². The molecular formula is C17H22N4O5S. The number of furan rings is 1. The fraction of sp³-hybridized carbons (Fsp3) is 0.471. The van der Waals surface area contributed by atoms with Crippen LogP contribution in [-0.4, -0.2) is 54.3 Å². The number of hydrogen-bond acceptors (Lipinski definition) is 6. The number of hydrogen-bond donors (Lipinski definition) is 1. The normalized spacial score (nSPS) is 16.3. The van der Waals surface area contributed by atoms with Gasteiger partial charge in [0.15, 0.2) is 5.76 Å². The highest BCUT2D eigenvalue weighted by molar-refractivity contribution is 7.88. The van der Waals surface area contributed by atoms with Crippen molar-refractivity contribution >= 4 is 15.9 Å². The molecule has 146 valence electrons. The molecule has 1 N–H and O–H groups in total. The molecule has 2 aromatic rings. The Morgan fingerprint density at radius 3 is 2.67 bits per heavy atom. The van der Waals surface area contributed by atoms with Crippen LogP contribution in [0.15, 0.2) is 39.7 Å². The highest BCUT2D eigenvalue weighted by atomic mass is 32.2. The van der Waals surface area contributed by atoms with E-state index in [0.29, 0.717) is 37.4 Å². The first-order chi connectivity index (χ1) is 12.8. The molecule has 27 heavy (non-hydrogen) atoms. The average molecular weight is 394 g/mol. The minimum atomic E-state index is -3.21. The van der Waals surface area contributed by atoms with E-state index in [2.05, 4.69) is 10.4 Å². The minimum absolute atomic E-state index is 0.126. The summed E-state index contributed by atoms with van der Waals surface area (Å²) in [5.74, 6) is 0.214. The van der Waals surface area contributed by atoms with Gasteiger partial charge >= 0.3 is 0 Å². The van der Waals surface area contributed by atoms with E-state index in [9.17, 15) is 18.0 Å². The lowest BCUT2D eigenvalue weighted by molar-refractivity contribution is -0.126. The summed E-state index contributed by atoms with van der Waals surface area (Å²) in [6.45, 7) is 1.20. The third-order valence-corrected chi connectivity index (χ3v) is 5.86. The van der Waals surface area contributed by atoms with Gasteiger partial charge in [-0.3, -0.25) is 9.59 Å². The highest BCUT2D eigenvalue weighted by Crippen LogP contribution is 2.19. The van der Waals surface area contributed by atoms with Gasteiger partial charge < -0.3 is 9.73 Å². The van der Waals surface area contributed by atoms with Gasteiger partial charge in [0.25, 0.3) is 5.56 Å². The Labute approximate surface area is 157 Å². The van der Waals surface area contributed by atoms with Gasteiger partial charge in [0.05, 0.1) is 19.1 Å². The van der Waals surface area contributed by atoms with Gasteiger partial charge in [-0.15, -0.1) is 0 Å². The zero-order valence-electron chi connectivity index (χ0n) is 15.0. The summed E-state index contributed by atoms with van der Waals surface area (Å²) in [6.07, 6.45) is 3.69. The van der Waals surface area contributed by atoms with E-state index < -0.39 is 10.0 Å². The van der Waals surface area contributed by atoms with Crippen LogP contribution < -0.4 is 10.9 Å². The van der Waals surface area contributed by atoms with Crippen LogP contribution in [-0.2, 0) is 21.4 Å². The van der Waals surface area contributed by atoms with E-state index in [4.69, 9.17) is 4.42 Å². The summed E-state index contributed by atoms with van der Waals surface area (Å²) in [5, 5.41) is 7.05. The van der Waals surface area contributed by atoms with Crippen LogP contribution in [0.3, 0.4) is 0 Å². The molecule has 0 bridgehead atoms. The van der Waals surface area contributed by atoms with E-state index in [-0.39, 0.29) is 30.5 Å². The number of piperidine rings is 1. The van der Waals surface area contributed by atoms with Crippen LogP contribution in [0, 0.1) is 5.92 Å². The van der Waals surface area contributed by atoms with Gasteiger partial charge in [0.2, 0.25) is 15.9 Å². The first-order valence-corrected chi connectivity index (χ1v) is 10.5. The van der Waals surface area contributed by atoms with Crippen LogP contribution in [0.25, 0.3) is 11.5 Å². The zero-order valence-corrected chi connectivity index (χ0v) is 15.8. The molecule has 0 aromatic carbocycles. The van der Waals surface area contributed by atoms with Crippen molar-refractivity contribution in [2.75, 3.05) is 25.9 Å². The highest BCUT2D eigenvalue weighted by Gasteiger charge is 2.28. The van der Waals surface area contributed by atoms with Gasteiger partial charge in [0, 0.05) is 31.6 Å². The molecule has 1 aliphatic heterocycles. The number of carbonyl (C=O) groups is 1. The Morgan fingerprint density at radius 2 is 2.04 bits per heavy atom. The van der Waals surface area contributed by atoms with Crippen LogP contribution in [0.2, 0.25) is 0 Å². The second-order valence-electron chi connectivity index (χ2n) is 6.48. The van der Waals surface area contributed by atoms with Crippen LogP contribution in [0.5, 0.6) is 0 Å². The molecule has 2 aromatic heterocycles. The monoisotopic (exact) mass is 394 g/mol. The van der Waals surface area contributed by atoms with E-state index in [1.807, 2.05) is 0 Å². The first kappa shape index (κ1) is 19.3. The second-order valence-corrected chi connectivity index (χ2v) is 8.47. The molecule has 1 saturated heterocycles. The maximum absolute atomic E-state index is 12.3. The smallest absolute Gasteiger partial charge is 0.266 e. The molecule has 0 unspecified atom stereocenters. The van der Waals surface area contributed by atoms with Crippen LogP contribution in [0.4, 0.5) is 0 Å². The van der Waals surface area contributed by atoms with Gasteiger partial charge in [0.1, 0.15) is 5.69 Å². The van der Waals surface area contributed by atoms with E-state index in [0.717, 1.165) is 0 Å². The molecule has 0 aliphatic carbocycles. The summed E-state index contributed by atoms with van der Waals surface area (Å²) in [5.41, 5.74) is 0.278. The molecule has 1 fully saturated rings. The van der Waals surface area contributed by atoms with Crippen LogP contribution >= 0.6 is 0 Å². The van der Waals surface area contributed by atoms with Crippen molar-refractivity contribution in [3.05, 3.63) is 40.9 Å². The standard InChI is InChI=1S/C17H22N4O5S/c1-27(24,25)20-9-6-13(7-10-20)17(23)18-8-11-21-16(22)5-4-14(19-21)15-3-2-12-26-15/h2-5,12-13H,6-11H2,1H3,(H,18,23). The molecule has 0 radical (unpaired) electrons. The summed E-state index contributed by atoms with van der Waals surface area (Å²) < 4.78 is 31.0. The number of nitrogens with zero attached hydrogens (tertiary/aromatic N) is 3. The SMILES string of the molecule is CS(=O)(=O)N1CCC(C(=O)NCCn2nc(-c3ccco3)ccc2=O)CC1. The summed E-state index contributed by atoms with van der Waals surface area (Å²) in [4.78, 5) is 24.2. The number of rotatable bonds is 6. The number of carbonyl (C=O) groups excluding carboxylic acids is 1. The average Bonchev–Trinajstić information content (AvgIpc) is 3.17. The fourth-order valence-electron chi connectivity index (χ4n) is 3.04.